The topological polar surface area (TPSA) is 45.6 Å². The molecule has 0 saturated heterocycles. The molecule has 2 amide bonds. The van der Waals surface area contributed by atoms with Gasteiger partial charge in [0.1, 0.15) is 0 Å². The molecule has 0 spiro atoms. The van der Waals surface area contributed by atoms with E-state index in [9.17, 15) is 9.59 Å². The molecule has 1 heterocycles. The molecule has 0 N–H and O–H groups in total. The second kappa shape index (κ2) is 12.9. The van der Waals surface area contributed by atoms with Crippen LogP contribution in [-0.2, 0) is 29.7 Å². The van der Waals surface area contributed by atoms with Crippen molar-refractivity contribution >= 4 is 23.6 Å². The van der Waals surface area contributed by atoms with Crippen molar-refractivity contribution in [1.29, 1.82) is 0 Å². The number of aryl methyl sites for hydroxylation is 1. The zero-order valence-electron chi connectivity index (χ0n) is 19.5. The lowest BCUT2D eigenvalue weighted by Crippen LogP contribution is -2.43. The fourth-order valence-corrected chi connectivity index (χ4v) is 4.37. The smallest absolute Gasteiger partial charge is 0.242 e. The highest BCUT2D eigenvalue weighted by molar-refractivity contribution is 8.00. The maximum atomic E-state index is 13.5. The van der Waals surface area contributed by atoms with Crippen LogP contribution in [0.4, 0.5) is 0 Å². The van der Waals surface area contributed by atoms with Gasteiger partial charge in [-0.15, -0.1) is 11.8 Å². The van der Waals surface area contributed by atoms with Crippen LogP contribution < -0.4 is 0 Å². The van der Waals surface area contributed by atoms with Gasteiger partial charge in [-0.3, -0.25) is 9.59 Å². The Morgan fingerprint density at radius 2 is 1.55 bits per heavy atom. The van der Waals surface area contributed by atoms with E-state index < -0.39 is 0 Å². The van der Waals surface area contributed by atoms with Crippen molar-refractivity contribution in [3.63, 3.8) is 0 Å². The Kier molecular flexibility index (Phi) is 9.63. The Balaban J connectivity index is 1.70. The molecular formula is C27H33N3O2S. The van der Waals surface area contributed by atoms with Gasteiger partial charge in [-0.25, -0.2) is 0 Å². The molecule has 1 aromatic heterocycles. The summed E-state index contributed by atoms with van der Waals surface area (Å²) in [6.07, 6.45) is 3.84. The molecule has 0 saturated carbocycles. The number of thioether (sulfide) groups is 1. The van der Waals surface area contributed by atoms with E-state index in [4.69, 9.17) is 0 Å². The van der Waals surface area contributed by atoms with Crippen LogP contribution in [0, 0.1) is 0 Å². The van der Waals surface area contributed by atoms with Crippen LogP contribution in [0.15, 0.2) is 83.9 Å². The lowest BCUT2D eigenvalue weighted by atomic mass is 10.2. The predicted molar refractivity (Wildman–Crippen MR) is 135 cm³/mol. The Bertz CT molecular complexity index is 1000. The van der Waals surface area contributed by atoms with Gasteiger partial charge < -0.3 is 14.4 Å². The summed E-state index contributed by atoms with van der Waals surface area (Å²) in [5.41, 5.74) is 2.14. The molecule has 174 valence electrons. The van der Waals surface area contributed by atoms with Gasteiger partial charge in [0.2, 0.25) is 11.8 Å². The first-order chi connectivity index (χ1) is 16.1. The Morgan fingerprint density at radius 3 is 2.18 bits per heavy atom. The average Bonchev–Trinajstić information content (AvgIpc) is 3.25. The van der Waals surface area contributed by atoms with Crippen LogP contribution in [0.25, 0.3) is 0 Å². The summed E-state index contributed by atoms with van der Waals surface area (Å²) in [6, 6.07) is 23.9. The number of aromatic nitrogens is 1. The van der Waals surface area contributed by atoms with Gasteiger partial charge in [-0.2, -0.15) is 0 Å². The molecule has 3 aromatic rings. The number of carbonyl (C=O) groups excluding carboxylic acids is 2. The van der Waals surface area contributed by atoms with Gasteiger partial charge in [0.05, 0.1) is 18.8 Å². The highest BCUT2D eigenvalue weighted by atomic mass is 32.2. The van der Waals surface area contributed by atoms with Crippen molar-refractivity contribution in [2.75, 3.05) is 18.8 Å². The number of hydrogen-bond acceptors (Lipinski definition) is 3. The molecule has 0 unspecified atom stereocenters. The standard InChI is InChI=1S/C27H33N3O2S/c1-3-4-18-29(27(32)22-33-25-15-9-6-10-16-25)21-26(31)30(19-23-12-7-5-8-13-23)20-24-14-11-17-28(24)2/h5-17H,3-4,18-22H2,1-2H3. The second-order valence-electron chi connectivity index (χ2n) is 8.12. The molecule has 0 fully saturated rings. The third-order valence-corrected chi connectivity index (χ3v) is 6.54. The van der Waals surface area contributed by atoms with E-state index in [-0.39, 0.29) is 18.4 Å². The van der Waals surface area contributed by atoms with Crippen molar-refractivity contribution in [2.24, 2.45) is 7.05 Å². The third kappa shape index (κ3) is 7.82. The van der Waals surface area contributed by atoms with E-state index in [1.54, 1.807) is 4.90 Å². The Morgan fingerprint density at radius 1 is 0.848 bits per heavy atom. The quantitative estimate of drug-likeness (QED) is 0.356. The van der Waals surface area contributed by atoms with E-state index in [2.05, 4.69) is 6.92 Å². The van der Waals surface area contributed by atoms with Gasteiger partial charge in [0.25, 0.3) is 0 Å². The van der Waals surface area contributed by atoms with Crippen molar-refractivity contribution in [3.05, 3.63) is 90.3 Å². The van der Waals surface area contributed by atoms with E-state index in [0.29, 0.717) is 25.4 Å². The fourth-order valence-electron chi connectivity index (χ4n) is 3.55. The molecule has 6 heteroatoms. The molecule has 0 aliphatic carbocycles. The molecule has 0 aliphatic rings. The highest BCUT2D eigenvalue weighted by Crippen LogP contribution is 2.18. The monoisotopic (exact) mass is 463 g/mol. The number of hydrogen-bond donors (Lipinski definition) is 0. The van der Waals surface area contributed by atoms with E-state index in [0.717, 1.165) is 29.0 Å². The average molecular weight is 464 g/mol. The van der Waals surface area contributed by atoms with Gasteiger partial charge in [-0.1, -0.05) is 61.9 Å². The van der Waals surface area contributed by atoms with Gasteiger partial charge >= 0.3 is 0 Å². The highest BCUT2D eigenvalue weighted by Gasteiger charge is 2.22. The number of rotatable bonds is 12. The van der Waals surface area contributed by atoms with E-state index >= 15 is 0 Å². The van der Waals surface area contributed by atoms with Gasteiger partial charge in [-0.05, 0) is 36.2 Å². The first kappa shape index (κ1) is 24.6. The zero-order chi connectivity index (χ0) is 23.5. The van der Waals surface area contributed by atoms with Crippen molar-refractivity contribution in [1.82, 2.24) is 14.4 Å². The molecule has 0 aliphatic heterocycles. The largest absolute Gasteiger partial charge is 0.353 e. The first-order valence-electron chi connectivity index (χ1n) is 11.4. The summed E-state index contributed by atoms with van der Waals surface area (Å²) < 4.78 is 2.03. The van der Waals surface area contributed by atoms with Crippen LogP contribution >= 0.6 is 11.8 Å². The van der Waals surface area contributed by atoms with Crippen molar-refractivity contribution in [3.8, 4) is 0 Å². The minimum Gasteiger partial charge on any atom is -0.353 e. The van der Waals surface area contributed by atoms with Crippen LogP contribution in [-0.4, -0.2) is 45.0 Å². The maximum Gasteiger partial charge on any atom is 0.242 e. The van der Waals surface area contributed by atoms with Gasteiger partial charge in [0, 0.05) is 36.9 Å². The van der Waals surface area contributed by atoms with Crippen molar-refractivity contribution in [2.45, 2.75) is 37.8 Å². The molecule has 0 bridgehead atoms. The van der Waals surface area contributed by atoms with Crippen LogP contribution in [0.1, 0.15) is 31.0 Å². The molecule has 3 rings (SSSR count). The number of amides is 2. The normalized spacial score (nSPS) is 10.7. The van der Waals surface area contributed by atoms with Crippen molar-refractivity contribution < 1.29 is 9.59 Å². The summed E-state index contributed by atoms with van der Waals surface area (Å²) in [5.74, 6) is 0.302. The van der Waals surface area contributed by atoms with E-state index in [1.165, 1.54) is 11.8 Å². The first-order valence-corrected chi connectivity index (χ1v) is 12.4. The Hall–Kier alpha value is -2.99. The molecule has 5 nitrogen and oxygen atoms in total. The summed E-state index contributed by atoms with van der Waals surface area (Å²) >= 11 is 1.51. The number of unbranched alkanes of at least 4 members (excludes halogenated alkanes) is 1. The minimum absolute atomic E-state index is 0.00387. The SMILES string of the molecule is CCCCN(CC(=O)N(Cc1ccccc1)Cc1cccn1C)C(=O)CSc1ccccc1. The zero-order valence-corrected chi connectivity index (χ0v) is 20.3. The lowest BCUT2D eigenvalue weighted by molar-refractivity contribution is -0.140. The predicted octanol–water partition coefficient (Wildman–Crippen LogP) is 4.97. The molecule has 0 atom stereocenters. The summed E-state index contributed by atoms with van der Waals surface area (Å²) in [4.78, 5) is 31.1. The summed E-state index contributed by atoms with van der Waals surface area (Å²) in [6.45, 7) is 3.82. The molecule has 33 heavy (non-hydrogen) atoms. The van der Waals surface area contributed by atoms with Crippen LogP contribution in [0.2, 0.25) is 0 Å². The summed E-state index contributed by atoms with van der Waals surface area (Å²) in [7, 11) is 1.98. The van der Waals surface area contributed by atoms with Gasteiger partial charge in [0.15, 0.2) is 0 Å². The Labute approximate surface area is 201 Å². The van der Waals surface area contributed by atoms with Crippen LogP contribution in [0.5, 0.6) is 0 Å². The number of benzene rings is 2. The third-order valence-electron chi connectivity index (χ3n) is 5.54. The number of carbonyl (C=O) groups is 2. The summed E-state index contributed by atoms with van der Waals surface area (Å²) in [5, 5.41) is 0. The minimum atomic E-state index is -0.0331. The lowest BCUT2D eigenvalue weighted by Gasteiger charge is -2.28. The molecule has 2 aromatic carbocycles. The van der Waals surface area contributed by atoms with E-state index in [1.807, 2.05) is 95.5 Å². The second-order valence-corrected chi connectivity index (χ2v) is 9.17. The maximum absolute atomic E-state index is 13.5. The molecule has 0 radical (unpaired) electrons. The van der Waals surface area contributed by atoms with Crippen LogP contribution in [0.3, 0.4) is 0 Å². The molecular weight excluding hydrogens is 430 g/mol. The fraction of sp³-hybridized carbons (Fsp3) is 0.333. The number of nitrogens with zero attached hydrogens (tertiary/aromatic N) is 3.